The molecule has 0 fully saturated rings. The highest BCUT2D eigenvalue weighted by molar-refractivity contribution is 14.0. The van der Waals surface area contributed by atoms with E-state index in [1.165, 1.54) is 11.1 Å². The molecular weight excluding hydrogens is 439 g/mol. The van der Waals surface area contributed by atoms with Crippen molar-refractivity contribution >= 4 is 29.9 Å². The molecule has 0 atom stereocenters. The van der Waals surface area contributed by atoms with Crippen molar-refractivity contribution in [2.45, 2.75) is 40.3 Å². The number of guanidine groups is 1. The van der Waals surface area contributed by atoms with Gasteiger partial charge in [0.25, 0.3) is 0 Å². The number of rotatable bonds is 8. The highest BCUT2D eigenvalue weighted by Gasteiger charge is 2.03. The van der Waals surface area contributed by atoms with Gasteiger partial charge >= 0.3 is 0 Å². The third-order valence-corrected chi connectivity index (χ3v) is 3.76. The van der Waals surface area contributed by atoms with Gasteiger partial charge < -0.3 is 15.2 Å². The minimum Gasteiger partial charge on any atom is -0.355 e. The molecular formula is C19H29IN6. The van der Waals surface area contributed by atoms with E-state index in [1.54, 1.807) is 6.33 Å². The predicted molar refractivity (Wildman–Crippen MR) is 118 cm³/mol. The summed E-state index contributed by atoms with van der Waals surface area (Å²) in [6, 6.07) is 8.44. The van der Waals surface area contributed by atoms with E-state index in [-0.39, 0.29) is 24.0 Å². The molecule has 0 bridgehead atoms. The lowest BCUT2D eigenvalue weighted by Crippen LogP contribution is -2.39. The van der Waals surface area contributed by atoms with Crippen LogP contribution in [0.1, 0.15) is 30.8 Å². The van der Waals surface area contributed by atoms with Gasteiger partial charge in [0, 0.05) is 26.1 Å². The summed E-state index contributed by atoms with van der Waals surface area (Å²) < 4.78 is 2.06. The van der Waals surface area contributed by atoms with Crippen LogP contribution in [0.4, 0.5) is 0 Å². The van der Waals surface area contributed by atoms with Gasteiger partial charge in [0.05, 0.1) is 6.54 Å². The summed E-state index contributed by atoms with van der Waals surface area (Å²) in [6.45, 7) is 13.0. The van der Waals surface area contributed by atoms with Crippen molar-refractivity contribution in [2.24, 2.45) is 4.99 Å². The van der Waals surface area contributed by atoms with Gasteiger partial charge in [-0.2, -0.15) is 0 Å². The van der Waals surface area contributed by atoms with Crippen LogP contribution >= 0.6 is 24.0 Å². The van der Waals surface area contributed by atoms with Gasteiger partial charge in [0.2, 0.25) is 0 Å². The summed E-state index contributed by atoms with van der Waals surface area (Å²) in [5.74, 6) is 1.78. The molecule has 1 aromatic heterocycles. The van der Waals surface area contributed by atoms with Crippen molar-refractivity contribution in [3.63, 3.8) is 0 Å². The molecule has 0 unspecified atom stereocenters. The van der Waals surface area contributed by atoms with Crippen molar-refractivity contribution < 1.29 is 0 Å². The zero-order valence-electron chi connectivity index (χ0n) is 15.8. The zero-order chi connectivity index (χ0) is 18.1. The molecule has 1 heterocycles. The van der Waals surface area contributed by atoms with Crippen molar-refractivity contribution in [3.8, 4) is 0 Å². The SMILES string of the molecule is C=C(C)CNC(=NCc1ccc(C)cc1)NCCn1cnnc1CC.I. The Bertz CT molecular complexity index is 705. The van der Waals surface area contributed by atoms with Crippen LogP contribution in [0.15, 0.2) is 47.7 Å². The van der Waals surface area contributed by atoms with Gasteiger partial charge in [-0.1, -0.05) is 48.9 Å². The molecule has 26 heavy (non-hydrogen) atoms. The molecule has 0 radical (unpaired) electrons. The molecule has 2 N–H and O–H groups in total. The highest BCUT2D eigenvalue weighted by Crippen LogP contribution is 2.04. The number of halogens is 1. The Labute approximate surface area is 173 Å². The van der Waals surface area contributed by atoms with Crippen molar-refractivity contribution in [2.75, 3.05) is 13.1 Å². The number of aryl methyl sites for hydroxylation is 2. The molecule has 0 aliphatic rings. The Kier molecular flexibility index (Phi) is 9.93. The van der Waals surface area contributed by atoms with Gasteiger partial charge in [-0.3, -0.25) is 0 Å². The van der Waals surface area contributed by atoms with Crippen molar-refractivity contribution in [1.29, 1.82) is 0 Å². The molecule has 2 rings (SSSR count). The number of nitrogens with one attached hydrogen (secondary N) is 2. The van der Waals surface area contributed by atoms with Gasteiger partial charge in [-0.25, -0.2) is 4.99 Å². The standard InChI is InChI=1S/C19H28N6.HI/c1-5-18-24-23-14-25(18)11-10-20-19(21-12-15(2)3)22-13-17-8-6-16(4)7-9-17;/h6-9,14H,2,5,10-13H2,1,3-4H3,(H2,20,21,22);1H. The topological polar surface area (TPSA) is 67.1 Å². The summed E-state index contributed by atoms with van der Waals surface area (Å²) in [5, 5.41) is 14.7. The van der Waals surface area contributed by atoms with E-state index in [0.717, 1.165) is 36.9 Å². The molecule has 7 heteroatoms. The Morgan fingerprint density at radius 2 is 1.96 bits per heavy atom. The third kappa shape index (κ3) is 7.55. The quantitative estimate of drug-likeness (QED) is 0.271. The van der Waals surface area contributed by atoms with E-state index in [4.69, 9.17) is 0 Å². The second-order valence-corrected chi connectivity index (χ2v) is 6.18. The molecule has 0 aliphatic carbocycles. The van der Waals surface area contributed by atoms with Gasteiger partial charge in [0.1, 0.15) is 12.2 Å². The Hall–Kier alpha value is -1.90. The van der Waals surface area contributed by atoms with Gasteiger partial charge in [-0.05, 0) is 19.4 Å². The lowest BCUT2D eigenvalue weighted by Gasteiger charge is -2.13. The van der Waals surface area contributed by atoms with Gasteiger partial charge in [-0.15, -0.1) is 34.2 Å². The molecule has 0 aliphatic heterocycles. The van der Waals surface area contributed by atoms with Gasteiger partial charge in [0.15, 0.2) is 5.96 Å². The second-order valence-electron chi connectivity index (χ2n) is 6.18. The van der Waals surface area contributed by atoms with E-state index < -0.39 is 0 Å². The maximum absolute atomic E-state index is 4.67. The minimum atomic E-state index is 0. The third-order valence-electron chi connectivity index (χ3n) is 3.76. The number of aliphatic imine (C=N–C) groups is 1. The van der Waals surface area contributed by atoms with Crippen LogP contribution in [-0.2, 0) is 19.5 Å². The monoisotopic (exact) mass is 468 g/mol. The number of aromatic nitrogens is 3. The van der Waals surface area contributed by atoms with Crippen LogP contribution in [0, 0.1) is 6.92 Å². The summed E-state index contributed by atoms with van der Waals surface area (Å²) >= 11 is 0. The fourth-order valence-electron chi connectivity index (χ4n) is 2.31. The first-order valence-electron chi connectivity index (χ1n) is 8.67. The number of hydrogen-bond acceptors (Lipinski definition) is 3. The molecule has 2 aromatic rings. The fourth-order valence-corrected chi connectivity index (χ4v) is 2.31. The molecule has 6 nitrogen and oxygen atoms in total. The Balaban J connectivity index is 0.00000338. The van der Waals surface area contributed by atoms with E-state index >= 15 is 0 Å². The smallest absolute Gasteiger partial charge is 0.191 e. The van der Waals surface area contributed by atoms with Crippen LogP contribution in [0.2, 0.25) is 0 Å². The van der Waals surface area contributed by atoms with E-state index in [0.29, 0.717) is 13.1 Å². The molecule has 142 valence electrons. The lowest BCUT2D eigenvalue weighted by atomic mass is 10.1. The summed E-state index contributed by atoms with van der Waals surface area (Å²) in [7, 11) is 0. The summed E-state index contributed by atoms with van der Waals surface area (Å²) in [6.07, 6.45) is 2.65. The summed E-state index contributed by atoms with van der Waals surface area (Å²) in [5.41, 5.74) is 3.51. The van der Waals surface area contributed by atoms with Crippen LogP contribution < -0.4 is 10.6 Å². The van der Waals surface area contributed by atoms with Crippen LogP contribution in [0.25, 0.3) is 0 Å². The van der Waals surface area contributed by atoms with Crippen molar-refractivity contribution in [1.82, 2.24) is 25.4 Å². The average molecular weight is 468 g/mol. The van der Waals surface area contributed by atoms with E-state index in [9.17, 15) is 0 Å². The van der Waals surface area contributed by atoms with Crippen LogP contribution in [0.3, 0.4) is 0 Å². The number of nitrogens with zero attached hydrogens (tertiary/aromatic N) is 4. The first kappa shape index (κ1) is 22.1. The van der Waals surface area contributed by atoms with Crippen LogP contribution in [0.5, 0.6) is 0 Å². The lowest BCUT2D eigenvalue weighted by molar-refractivity contribution is 0.633. The number of benzene rings is 1. The second kappa shape index (κ2) is 11.7. The maximum Gasteiger partial charge on any atom is 0.191 e. The first-order valence-corrected chi connectivity index (χ1v) is 8.67. The van der Waals surface area contributed by atoms with Crippen LogP contribution in [-0.4, -0.2) is 33.8 Å². The highest BCUT2D eigenvalue weighted by atomic mass is 127. The van der Waals surface area contributed by atoms with Crippen molar-refractivity contribution in [3.05, 3.63) is 59.7 Å². The molecule has 0 spiro atoms. The minimum absolute atomic E-state index is 0. The Morgan fingerprint density at radius 1 is 1.23 bits per heavy atom. The number of hydrogen-bond donors (Lipinski definition) is 2. The molecule has 1 aromatic carbocycles. The largest absolute Gasteiger partial charge is 0.355 e. The molecule has 0 saturated carbocycles. The average Bonchev–Trinajstić information content (AvgIpc) is 3.05. The molecule has 0 amide bonds. The fraction of sp³-hybridized carbons (Fsp3) is 0.421. The molecule has 0 saturated heterocycles. The maximum atomic E-state index is 4.67. The summed E-state index contributed by atoms with van der Waals surface area (Å²) in [4.78, 5) is 4.67. The first-order chi connectivity index (χ1) is 12.1. The Morgan fingerprint density at radius 3 is 2.62 bits per heavy atom. The predicted octanol–water partition coefficient (Wildman–Crippen LogP) is 3.08. The normalized spacial score (nSPS) is 11.0. The van der Waals surface area contributed by atoms with E-state index in [1.807, 2.05) is 6.92 Å². The zero-order valence-corrected chi connectivity index (χ0v) is 18.2. The van der Waals surface area contributed by atoms with E-state index in [2.05, 4.69) is 75.1 Å².